The molecule has 0 atom stereocenters. The molecule has 0 fully saturated rings. The van der Waals surface area contributed by atoms with Gasteiger partial charge in [-0.05, 0) is 25.8 Å². The van der Waals surface area contributed by atoms with E-state index in [1.54, 1.807) is 7.11 Å². The van der Waals surface area contributed by atoms with Crippen molar-refractivity contribution < 1.29 is 14.3 Å². The van der Waals surface area contributed by atoms with Crippen LogP contribution in [0.5, 0.6) is 0 Å². The summed E-state index contributed by atoms with van der Waals surface area (Å²) in [6, 6.07) is 5.83. The minimum Gasteiger partial charge on any atom is -0.385 e. The number of hydrogen-bond donors (Lipinski definition) is 0. The predicted octanol–water partition coefficient (Wildman–Crippen LogP) is 2.54. The summed E-state index contributed by atoms with van der Waals surface area (Å²) in [7, 11) is 1.65. The zero-order valence-electron chi connectivity index (χ0n) is 10.8. The van der Waals surface area contributed by atoms with Gasteiger partial charge in [0.25, 0.3) is 0 Å². The molecule has 17 heavy (non-hydrogen) atoms. The molecule has 0 aromatic heterocycles. The number of aryl methyl sites for hydroxylation is 2. The Balaban J connectivity index is 2.42. The normalized spacial score (nSPS) is 10.5. The van der Waals surface area contributed by atoms with Crippen molar-refractivity contribution in [3.05, 3.63) is 34.9 Å². The van der Waals surface area contributed by atoms with E-state index in [4.69, 9.17) is 9.47 Å². The molecule has 1 aromatic rings. The van der Waals surface area contributed by atoms with Crippen LogP contribution in [0.3, 0.4) is 0 Å². The van der Waals surface area contributed by atoms with Gasteiger partial charge in [-0.15, -0.1) is 0 Å². The molecule has 0 saturated heterocycles. The van der Waals surface area contributed by atoms with E-state index in [0.29, 0.717) is 13.2 Å². The Bertz CT molecular complexity index is 372. The standard InChI is InChI=1S/C14H20O3/c1-11-5-6-13(12(2)9-11)14(15)10-17-8-4-7-16-3/h5-6,9H,4,7-8,10H2,1-3H3. The number of rotatable bonds is 7. The highest BCUT2D eigenvalue weighted by atomic mass is 16.5. The molecule has 0 saturated carbocycles. The molecule has 1 aromatic carbocycles. The predicted molar refractivity (Wildman–Crippen MR) is 67.6 cm³/mol. The monoisotopic (exact) mass is 236 g/mol. The molecule has 0 amide bonds. The third-order valence-electron chi connectivity index (χ3n) is 2.55. The van der Waals surface area contributed by atoms with Gasteiger partial charge in [-0.25, -0.2) is 0 Å². The summed E-state index contributed by atoms with van der Waals surface area (Å²) < 4.78 is 10.2. The van der Waals surface area contributed by atoms with Gasteiger partial charge in [0.2, 0.25) is 0 Å². The van der Waals surface area contributed by atoms with Gasteiger partial charge >= 0.3 is 0 Å². The van der Waals surface area contributed by atoms with E-state index in [9.17, 15) is 4.79 Å². The lowest BCUT2D eigenvalue weighted by Crippen LogP contribution is -2.12. The first-order chi connectivity index (χ1) is 8.15. The third kappa shape index (κ3) is 4.67. The largest absolute Gasteiger partial charge is 0.385 e. The zero-order valence-corrected chi connectivity index (χ0v) is 10.8. The van der Waals surface area contributed by atoms with E-state index in [0.717, 1.165) is 17.5 Å². The van der Waals surface area contributed by atoms with Crippen LogP contribution in [0.4, 0.5) is 0 Å². The van der Waals surface area contributed by atoms with Gasteiger partial charge in [-0.1, -0.05) is 23.8 Å². The van der Waals surface area contributed by atoms with Crippen molar-refractivity contribution in [3.63, 3.8) is 0 Å². The van der Waals surface area contributed by atoms with Crippen LogP contribution >= 0.6 is 0 Å². The van der Waals surface area contributed by atoms with Crippen molar-refractivity contribution in [2.75, 3.05) is 26.9 Å². The number of carbonyl (C=O) groups is 1. The molecule has 0 bridgehead atoms. The lowest BCUT2D eigenvalue weighted by Gasteiger charge is -2.07. The molecule has 0 unspecified atom stereocenters. The van der Waals surface area contributed by atoms with Gasteiger partial charge in [0.05, 0.1) is 0 Å². The van der Waals surface area contributed by atoms with Crippen LogP contribution < -0.4 is 0 Å². The average Bonchev–Trinajstić information content (AvgIpc) is 2.28. The summed E-state index contributed by atoms with van der Waals surface area (Å²) in [5, 5.41) is 0. The van der Waals surface area contributed by atoms with E-state index < -0.39 is 0 Å². The first kappa shape index (κ1) is 13.9. The van der Waals surface area contributed by atoms with Crippen LogP contribution in [0.25, 0.3) is 0 Å². The number of carbonyl (C=O) groups excluding carboxylic acids is 1. The summed E-state index contributed by atoms with van der Waals surface area (Å²) in [5.41, 5.74) is 2.93. The van der Waals surface area contributed by atoms with Crippen molar-refractivity contribution in [2.24, 2.45) is 0 Å². The molecule has 0 heterocycles. The van der Waals surface area contributed by atoms with Gasteiger partial charge in [0, 0.05) is 25.9 Å². The highest BCUT2D eigenvalue weighted by molar-refractivity contribution is 5.98. The smallest absolute Gasteiger partial charge is 0.188 e. The Kier molecular flexibility index (Phi) is 5.87. The lowest BCUT2D eigenvalue weighted by molar-refractivity contribution is 0.0704. The number of methoxy groups -OCH3 is 1. The second-order valence-corrected chi connectivity index (χ2v) is 4.14. The average molecular weight is 236 g/mol. The second-order valence-electron chi connectivity index (χ2n) is 4.14. The topological polar surface area (TPSA) is 35.5 Å². The Labute approximate surface area is 103 Å². The maximum absolute atomic E-state index is 11.9. The van der Waals surface area contributed by atoms with Crippen molar-refractivity contribution in [2.45, 2.75) is 20.3 Å². The number of ketones is 1. The maximum atomic E-state index is 11.9. The molecule has 94 valence electrons. The van der Waals surface area contributed by atoms with Crippen molar-refractivity contribution in [1.29, 1.82) is 0 Å². The molecule has 3 heteroatoms. The zero-order chi connectivity index (χ0) is 12.7. The lowest BCUT2D eigenvalue weighted by atomic mass is 10.0. The molecule has 0 spiro atoms. The molecule has 3 nitrogen and oxygen atoms in total. The van der Waals surface area contributed by atoms with Crippen molar-refractivity contribution in [3.8, 4) is 0 Å². The molecular formula is C14H20O3. The summed E-state index contributed by atoms with van der Waals surface area (Å²) in [6.45, 7) is 5.34. The summed E-state index contributed by atoms with van der Waals surface area (Å²) in [6.07, 6.45) is 0.816. The molecule has 0 aliphatic heterocycles. The maximum Gasteiger partial charge on any atom is 0.188 e. The summed E-state index contributed by atoms with van der Waals surface area (Å²) in [5.74, 6) is 0.0416. The fourth-order valence-electron chi connectivity index (χ4n) is 1.67. The van der Waals surface area contributed by atoms with Crippen LogP contribution in [-0.4, -0.2) is 32.7 Å². The van der Waals surface area contributed by atoms with Gasteiger partial charge in [-0.3, -0.25) is 4.79 Å². The fraction of sp³-hybridized carbons (Fsp3) is 0.500. The van der Waals surface area contributed by atoms with Crippen LogP contribution in [0, 0.1) is 13.8 Å². The second kappa shape index (κ2) is 7.20. The van der Waals surface area contributed by atoms with Crippen LogP contribution in [-0.2, 0) is 9.47 Å². The molecular weight excluding hydrogens is 216 g/mol. The Morgan fingerprint density at radius 3 is 2.65 bits per heavy atom. The van der Waals surface area contributed by atoms with E-state index >= 15 is 0 Å². The molecule has 0 radical (unpaired) electrons. The molecule has 1 rings (SSSR count). The van der Waals surface area contributed by atoms with Crippen LogP contribution in [0.2, 0.25) is 0 Å². The van der Waals surface area contributed by atoms with Crippen molar-refractivity contribution in [1.82, 2.24) is 0 Å². The minimum absolute atomic E-state index is 0.0416. The van der Waals surface area contributed by atoms with E-state index in [1.165, 1.54) is 5.56 Å². The highest BCUT2D eigenvalue weighted by Crippen LogP contribution is 2.11. The van der Waals surface area contributed by atoms with E-state index in [2.05, 4.69) is 0 Å². The van der Waals surface area contributed by atoms with E-state index in [-0.39, 0.29) is 12.4 Å². The molecule has 0 aliphatic rings. The molecule has 0 N–H and O–H groups in total. The molecule has 0 aliphatic carbocycles. The van der Waals surface area contributed by atoms with Crippen molar-refractivity contribution >= 4 is 5.78 Å². The Morgan fingerprint density at radius 2 is 2.00 bits per heavy atom. The Hall–Kier alpha value is -1.19. The minimum atomic E-state index is 0.0416. The van der Waals surface area contributed by atoms with Gasteiger partial charge in [-0.2, -0.15) is 0 Å². The van der Waals surface area contributed by atoms with Crippen LogP contribution in [0.1, 0.15) is 27.9 Å². The van der Waals surface area contributed by atoms with Gasteiger partial charge < -0.3 is 9.47 Å². The highest BCUT2D eigenvalue weighted by Gasteiger charge is 2.08. The third-order valence-corrected chi connectivity index (χ3v) is 2.55. The first-order valence-corrected chi connectivity index (χ1v) is 5.82. The number of ether oxygens (including phenoxy) is 2. The Morgan fingerprint density at radius 1 is 1.24 bits per heavy atom. The van der Waals surface area contributed by atoms with Gasteiger partial charge in [0.1, 0.15) is 6.61 Å². The van der Waals surface area contributed by atoms with E-state index in [1.807, 2.05) is 32.0 Å². The fourth-order valence-corrected chi connectivity index (χ4v) is 1.67. The van der Waals surface area contributed by atoms with Crippen LogP contribution in [0.15, 0.2) is 18.2 Å². The first-order valence-electron chi connectivity index (χ1n) is 5.82. The number of Topliss-reactive ketones (excluding diaryl/α,β-unsaturated/α-hetero) is 1. The quantitative estimate of drug-likeness (QED) is 0.539. The SMILES string of the molecule is COCCCOCC(=O)c1ccc(C)cc1C. The summed E-state index contributed by atoms with van der Waals surface area (Å²) in [4.78, 5) is 11.9. The number of hydrogen-bond acceptors (Lipinski definition) is 3. The summed E-state index contributed by atoms with van der Waals surface area (Å²) >= 11 is 0. The number of benzene rings is 1. The van der Waals surface area contributed by atoms with Gasteiger partial charge in [0.15, 0.2) is 5.78 Å².